The van der Waals surface area contributed by atoms with Crippen LogP contribution in [0.3, 0.4) is 0 Å². The second-order valence-corrected chi connectivity index (χ2v) is 7.61. The molecule has 4 rings (SSSR count). The van der Waals surface area contributed by atoms with Crippen LogP contribution in [-0.2, 0) is 11.3 Å². The number of fused-ring (bicyclic) bond motifs is 1. The van der Waals surface area contributed by atoms with Gasteiger partial charge in [0.25, 0.3) is 0 Å². The number of likely N-dealkylation sites (N-methyl/N-ethyl adjacent to an activating group) is 1. The summed E-state index contributed by atoms with van der Waals surface area (Å²) in [5, 5.41) is 8.61. The molecular weight excluding hydrogens is 328 g/mol. The molecule has 26 heavy (non-hydrogen) atoms. The first-order valence-corrected chi connectivity index (χ1v) is 9.28. The van der Waals surface area contributed by atoms with Gasteiger partial charge in [-0.25, -0.2) is 4.68 Å². The molecule has 138 valence electrons. The van der Waals surface area contributed by atoms with E-state index < -0.39 is 5.41 Å². The van der Waals surface area contributed by atoms with E-state index in [-0.39, 0.29) is 11.9 Å². The van der Waals surface area contributed by atoms with Gasteiger partial charge < -0.3 is 10.6 Å². The van der Waals surface area contributed by atoms with Crippen LogP contribution in [0.4, 0.5) is 0 Å². The van der Waals surface area contributed by atoms with Crippen molar-refractivity contribution in [1.29, 1.82) is 0 Å². The first-order chi connectivity index (χ1) is 12.6. The largest absolute Gasteiger partial charge is 0.369 e. The van der Waals surface area contributed by atoms with Crippen molar-refractivity contribution in [3.63, 3.8) is 0 Å². The predicted octanol–water partition coefficient (Wildman–Crippen LogP) is 1.04. The molecule has 0 aliphatic carbocycles. The molecule has 1 aromatic heterocycles. The predicted molar refractivity (Wildman–Crippen MR) is 98.5 cm³/mol. The van der Waals surface area contributed by atoms with Crippen LogP contribution >= 0.6 is 0 Å². The highest BCUT2D eigenvalue weighted by atomic mass is 16.1. The van der Waals surface area contributed by atoms with Crippen molar-refractivity contribution in [1.82, 2.24) is 24.8 Å². The van der Waals surface area contributed by atoms with Gasteiger partial charge in [-0.1, -0.05) is 23.4 Å². The minimum absolute atomic E-state index is 0.145. The molecule has 2 aliphatic heterocycles. The molecule has 0 radical (unpaired) electrons. The zero-order chi connectivity index (χ0) is 18.1. The molecule has 0 unspecified atom stereocenters. The Morgan fingerprint density at radius 3 is 2.85 bits per heavy atom. The maximum absolute atomic E-state index is 12.3. The molecule has 2 aliphatic rings. The summed E-state index contributed by atoms with van der Waals surface area (Å²) in [7, 11) is 2.11. The maximum Gasteiger partial charge on any atom is 0.225 e. The molecule has 7 heteroatoms. The minimum atomic E-state index is -0.403. The summed E-state index contributed by atoms with van der Waals surface area (Å²) in [6, 6.07) is 10.1. The fourth-order valence-electron chi connectivity index (χ4n) is 4.51. The summed E-state index contributed by atoms with van der Waals surface area (Å²) < 4.78 is 1.80. The normalized spacial score (nSPS) is 27.2. The lowest BCUT2D eigenvalue weighted by Gasteiger charge is -2.52. The van der Waals surface area contributed by atoms with E-state index in [1.165, 1.54) is 0 Å². The second kappa shape index (κ2) is 6.81. The third kappa shape index (κ3) is 3.01. The van der Waals surface area contributed by atoms with Crippen molar-refractivity contribution in [2.45, 2.75) is 31.8 Å². The zero-order valence-electron chi connectivity index (χ0n) is 15.2. The number of para-hydroxylation sites is 1. The number of rotatable bonds is 4. The number of hydrogen-bond acceptors (Lipinski definition) is 5. The van der Waals surface area contributed by atoms with E-state index in [2.05, 4.69) is 27.2 Å². The molecule has 3 heterocycles. The number of nitrogens with zero attached hydrogens (tertiary/aromatic N) is 5. The second-order valence-electron chi connectivity index (χ2n) is 7.61. The van der Waals surface area contributed by atoms with E-state index >= 15 is 0 Å². The van der Waals surface area contributed by atoms with Crippen LogP contribution in [0.1, 0.15) is 25.0 Å². The van der Waals surface area contributed by atoms with Gasteiger partial charge in [0.15, 0.2) is 0 Å². The van der Waals surface area contributed by atoms with Crippen LogP contribution in [0, 0.1) is 5.41 Å². The van der Waals surface area contributed by atoms with E-state index in [1.807, 2.05) is 36.5 Å². The van der Waals surface area contributed by atoms with Crippen molar-refractivity contribution >= 4 is 5.91 Å². The number of carbonyl (C=O) groups is 1. The fraction of sp³-hybridized carbons (Fsp3) is 0.526. The van der Waals surface area contributed by atoms with Crippen LogP contribution in [0.2, 0.25) is 0 Å². The number of piperidine rings is 2. The Hall–Kier alpha value is -2.25. The monoisotopic (exact) mass is 354 g/mol. The highest BCUT2D eigenvalue weighted by Crippen LogP contribution is 2.42. The first kappa shape index (κ1) is 17.2. The molecular formula is C19H26N6O. The number of aromatic nitrogens is 3. The fourth-order valence-corrected chi connectivity index (χ4v) is 4.51. The number of carbonyl (C=O) groups excluding carboxylic acids is 1. The van der Waals surface area contributed by atoms with Crippen molar-refractivity contribution in [3.8, 4) is 5.69 Å². The Labute approximate surface area is 153 Å². The molecule has 0 saturated carbocycles. The zero-order valence-corrected chi connectivity index (χ0v) is 15.2. The van der Waals surface area contributed by atoms with Crippen molar-refractivity contribution < 1.29 is 4.79 Å². The maximum atomic E-state index is 12.3. The summed E-state index contributed by atoms with van der Waals surface area (Å²) in [5.74, 6) is -0.145. The Morgan fingerprint density at radius 1 is 1.27 bits per heavy atom. The number of amides is 1. The third-order valence-electron chi connectivity index (χ3n) is 5.99. The van der Waals surface area contributed by atoms with Gasteiger partial charge in [-0.2, -0.15) is 0 Å². The van der Waals surface area contributed by atoms with Gasteiger partial charge in [0.1, 0.15) is 0 Å². The Balaban J connectivity index is 1.56. The minimum Gasteiger partial charge on any atom is -0.369 e. The number of primary amides is 1. The number of hydrogen-bond donors (Lipinski definition) is 1. The number of nitrogens with two attached hydrogens (primary N) is 1. The van der Waals surface area contributed by atoms with Gasteiger partial charge in [-0.15, -0.1) is 5.10 Å². The van der Waals surface area contributed by atoms with E-state index in [0.717, 1.165) is 50.3 Å². The van der Waals surface area contributed by atoms with E-state index in [4.69, 9.17) is 5.73 Å². The molecule has 2 N–H and O–H groups in total. The van der Waals surface area contributed by atoms with Gasteiger partial charge in [-0.3, -0.25) is 9.69 Å². The van der Waals surface area contributed by atoms with Gasteiger partial charge in [0.05, 0.1) is 23.0 Å². The number of benzene rings is 1. The first-order valence-electron chi connectivity index (χ1n) is 9.28. The third-order valence-corrected chi connectivity index (χ3v) is 5.99. The van der Waals surface area contributed by atoms with E-state index in [9.17, 15) is 4.79 Å². The van der Waals surface area contributed by atoms with Gasteiger partial charge in [0, 0.05) is 19.1 Å². The highest BCUT2D eigenvalue weighted by Gasteiger charge is 2.51. The standard InChI is InChI=1S/C19H26N6O/c1-23-11-9-19(18(20)26)8-5-10-24(17(19)14-23)12-15-13-25(22-21-15)16-6-3-2-4-7-16/h2-4,6-7,13,17H,5,8-12,14H2,1H3,(H2,20,26)/t17-,19+/m0/s1. The molecule has 2 atom stereocenters. The molecule has 2 fully saturated rings. The molecule has 1 amide bonds. The summed E-state index contributed by atoms with van der Waals surface area (Å²) in [5.41, 5.74) is 7.39. The van der Waals surface area contributed by atoms with E-state index in [0.29, 0.717) is 6.54 Å². The van der Waals surface area contributed by atoms with Crippen LogP contribution in [0.15, 0.2) is 36.5 Å². The summed E-state index contributed by atoms with van der Waals surface area (Å²) >= 11 is 0. The average Bonchev–Trinajstić information content (AvgIpc) is 3.11. The van der Waals surface area contributed by atoms with Crippen LogP contribution in [0.25, 0.3) is 5.69 Å². The lowest BCUT2D eigenvalue weighted by molar-refractivity contribution is -0.141. The van der Waals surface area contributed by atoms with Crippen molar-refractivity contribution in [3.05, 3.63) is 42.2 Å². The Morgan fingerprint density at radius 2 is 2.08 bits per heavy atom. The molecule has 0 bridgehead atoms. The lowest BCUT2D eigenvalue weighted by atomic mass is 9.68. The highest BCUT2D eigenvalue weighted by molar-refractivity contribution is 5.82. The van der Waals surface area contributed by atoms with Crippen LogP contribution < -0.4 is 5.73 Å². The summed E-state index contributed by atoms with van der Waals surface area (Å²) in [6.45, 7) is 3.46. The van der Waals surface area contributed by atoms with E-state index in [1.54, 1.807) is 4.68 Å². The van der Waals surface area contributed by atoms with Crippen molar-refractivity contribution in [2.75, 3.05) is 26.7 Å². The molecule has 2 aromatic rings. The summed E-state index contributed by atoms with van der Waals surface area (Å²) in [6.07, 6.45) is 4.71. The molecule has 2 saturated heterocycles. The molecule has 7 nitrogen and oxygen atoms in total. The topological polar surface area (TPSA) is 80.3 Å². The smallest absolute Gasteiger partial charge is 0.225 e. The van der Waals surface area contributed by atoms with Crippen molar-refractivity contribution in [2.24, 2.45) is 11.1 Å². The van der Waals surface area contributed by atoms with Gasteiger partial charge in [0.2, 0.25) is 5.91 Å². The molecule has 0 spiro atoms. The van der Waals surface area contributed by atoms with Gasteiger partial charge in [-0.05, 0) is 51.5 Å². The average molecular weight is 354 g/mol. The number of likely N-dealkylation sites (tertiary alicyclic amines) is 2. The Kier molecular flexibility index (Phi) is 4.50. The SMILES string of the molecule is CN1CC[C@]2(C(N)=O)CCCN(Cc3cn(-c4ccccc4)nn3)[C@H]2C1. The van der Waals surface area contributed by atoms with Crippen LogP contribution in [0.5, 0.6) is 0 Å². The van der Waals surface area contributed by atoms with Gasteiger partial charge >= 0.3 is 0 Å². The lowest BCUT2D eigenvalue weighted by Crippen LogP contribution is -2.64. The van der Waals surface area contributed by atoms with Crippen LogP contribution in [-0.4, -0.2) is 63.4 Å². The molecule has 1 aromatic carbocycles. The quantitative estimate of drug-likeness (QED) is 0.887. The summed E-state index contributed by atoms with van der Waals surface area (Å²) in [4.78, 5) is 17.0. The Bertz CT molecular complexity index is 775.